The van der Waals surface area contributed by atoms with Crippen LogP contribution in [0.1, 0.15) is 45.4 Å². The summed E-state index contributed by atoms with van der Waals surface area (Å²) in [7, 11) is 0. The largest absolute Gasteiger partial charge is 0.462 e. The van der Waals surface area contributed by atoms with Crippen molar-refractivity contribution >= 4 is 5.97 Å². The highest BCUT2D eigenvalue weighted by Crippen LogP contribution is 2.65. The molecule has 0 saturated heterocycles. The second-order valence-electron chi connectivity index (χ2n) is 7.21. The predicted molar refractivity (Wildman–Crippen MR) is 70.9 cm³/mol. The summed E-state index contributed by atoms with van der Waals surface area (Å²) in [4.78, 5) is 11.6. The summed E-state index contributed by atoms with van der Waals surface area (Å²) in [6, 6.07) is 2.59. The minimum absolute atomic E-state index is 0.0743. The number of carbonyl (C=O) groups excluding carboxylic acids is 1. The monoisotopic (exact) mass is 259 g/mol. The number of rotatable bonds is 3. The van der Waals surface area contributed by atoms with E-state index in [0.717, 1.165) is 32.1 Å². The Morgan fingerprint density at radius 1 is 1.37 bits per heavy atom. The van der Waals surface area contributed by atoms with Gasteiger partial charge in [-0.1, -0.05) is 6.58 Å². The van der Waals surface area contributed by atoms with E-state index in [2.05, 4.69) is 12.6 Å². The molecule has 4 fully saturated rings. The van der Waals surface area contributed by atoms with Crippen molar-refractivity contribution in [1.82, 2.24) is 0 Å². The lowest BCUT2D eigenvalue weighted by Gasteiger charge is -2.59. The van der Waals surface area contributed by atoms with Gasteiger partial charge in [-0.25, -0.2) is 4.79 Å². The Labute approximate surface area is 114 Å². The summed E-state index contributed by atoms with van der Waals surface area (Å²) in [5.74, 6) is 1.05. The standard InChI is InChI=1S/C16H21NO2/c1-11(2)14(18)19-10-16-6-12-3-13(7-16)5-15(4-12,8-16)9-17/h12-13H,1,3-8,10H2,2H3. The Balaban J connectivity index is 1.76. The van der Waals surface area contributed by atoms with Crippen LogP contribution in [-0.2, 0) is 9.53 Å². The second-order valence-corrected chi connectivity index (χ2v) is 7.21. The zero-order valence-corrected chi connectivity index (χ0v) is 11.6. The summed E-state index contributed by atoms with van der Waals surface area (Å²) >= 11 is 0. The molecule has 0 heterocycles. The summed E-state index contributed by atoms with van der Waals surface area (Å²) in [5.41, 5.74) is 0.407. The molecule has 0 aromatic heterocycles. The highest BCUT2D eigenvalue weighted by atomic mass is 16.5. The van der Waals surface area contributed by atoms with Gasteiger partial charge in [0.1, 0.15) is 0 Å². The van der Waals surface area contributed by atoms with E-state index in [4.69, 9.17) is 4.74 Å². The average molecular weight is 259 g/mol. The Kier molecular flexibility index (Phi) is 2.74. The quantitative estimate of drug-likeness (QED) is 0.577. The van der Waals surface area contributed by atoms with E-state index in [1.165, 1.54) is 6.42 Å². The van der Waals surface area contributed by atoms with Crippen LogP contribution in [0.4, 0.5) is 0 Å². The molecule has 19 heavy (non-hydrogen) atoms. The van der Waals surface area contributed by atoms with Crippen LogP contribution < -0.4 is 0 Å². The van der Waals surface area contributed by atoms with Gasteiger partial charge in [0.25, 0.3) is 0 Å². The molecule has 102 valence electrons. The van der Waals surface area contributed by atoms with Gasteiger partial charge in [-0.15, -0.1) is 0 Å². The smallest absolute Gasteiger partial charge is 0.333 e. The van der Waals surface area contributed by atoms with Crippen LogP contribution in [0, 0.1) is 34.0 Å². The molecule has 3 heteroatoms. The minimum atomic E-state index is -0.290. The fraction of sp³-hybridized carbons (Fsp3) is 0.750. The molecular weight excluding hydrogens is 238 g/mol. The average Bonchev–Trinajstić information content (AvgIpc) is 2.34. The molecule has 0 aromatic carbocycles. The molecule has 4 aliphatic rings. The van der Waals surface area contributed by atoms with E-state index in [9.17, 15) is 10.1 Å². The van der Waals surface area contributed by atoms with Gasteiger partial charge >= 0.3 is 5.97 Å². The highest BCUT2D eigenvalue weighted by Gasteiger charge is 2.58. The topological polar surface area (TPSA) is 50.1 Å². The highest BCUT2D eigenvalue weighted by molar-refractivity contribution is 5.86. The van der Waals surface area contributed by atoms with Crippen LogP contribution in [0.25, 0.3) is 0 Å². The zero-order valence-electron chi connectivity index (χ0n) is 11.6. The third kappa shape index (κ3) is 2.08. The molecule has 3 nitrogen and oxygen atoms in total. The maximum Gasteiger partial charge on any atom is 0.333 e. The second kappa shape index (κ2) is 4.10. The third-order valence-corrected chi connectivity index (χ3v) is 5.28. The van der Waals surface area contributed by atoms with Crippen LogP contribution in [0.3, 0.4) is 0 Å². The van der Waals surface area contributed by atoms with Crippen molar-refractivity contribution < 1.29 is 9.53 Å². The lowest BCUT2D eigenvalue weighted by atomic mass is 9.45. The van der Waals surface area contributed by atoms with Crippen LogP contribution in [0.15, 0.2) is 12.2 Å². The van der Waals surface area contributed by atoms with Crippen molar-refractivity contribution in [2.24, 2.45) is 22.7 Å². The van der Waals surface area contributed by atoms with Gasteiger partial charge in [-0.2, -0.15) is 5.26 Å². The summed E-state index contributed by atoms with van der Waals surface area (Å²) in [5, 5.41) is 9.54. The molecule has 2 atom stereocenters. The van der Waals surface area contributed by atoms with E-state index in [-0.39, 0.29) is 16.8 Å². The van der Waals surface area contributed by atoms with Gasteiger partial charge in [0.05, 0.1) is 18.1 Å². The SMILES string of the molecule is C=C(C)C(=O)OCC12CC3CC(CC(C#N)(C3)C1)C2. The predicted octanol–water partition coefficient (Wildman–Crippen LogP) is 3.22. The van der Waals surface area contributed by atoms with E-state index in [0.29, 0.717) is 24.0 Å². The van der Waals surface area contributed by atoms with E-state index in [1.54, 1.807) is 6.92 Å². The van der Waals surface area contributed by atoms with Crippen LogP contribution in [0.5, 0.6) is 0 Å². The molecule has 2 unspecified atom stereocenters. The molecule has 4 rings (SSSR count). The zero-order chi connectivity index (χ0) is 13.7. The number of esters is 1. The minimum Gasteiger partial charge on any atom is -0.462 e. The van der Waals surface area contributed by atoms with Gasteiger partial charge in [0, 0.05) is 11.0 Å². The van der Waals surface area contributed by atoms with Gasteiger partial charge in [-0.3, -0.25) is 0 Å². The molecule has 0 N–H and O–H groups in total. The Bertz CT molecular complexity index is 460. The molecule has 0 radical (unpaired) electrons. The van der Waals surface area contributed by atoms with E-state index in [1.807, 2.05) is 0 Å². The Morgan fingerprint density at radius 2 is 2.00 bits per heavy atom. The van der Waals surface area contributed by atoms with Crippen molar-refractivity contribution in [3.05, 3.63) is 12.2 Å². The van der Waals surface area contributed by atoms with Gasteiger partial charge in [0.15, 0.2) is 0 Å². The lowest BCUT2D eigenvalue weighted by Crippen LogP contribution is -2.53. The number of hydrogen-bond donors (Lipinski definition) is 0. The maximum atomic E-state index is 11.6. The number of ether oxygens (including phenoxy) is 1. The fourth-order valence-corrected chi connectivity index (χ4v) is 5.09. The van der Waals surface area contributed by atoms with E-state index >= 15 is 0 Å². The normalized spacial score (nSPS) is 42.7. The number of nitrogens with zero attached hydrogens (tertiary/aromatic N) is 1. The molecule has 0 aromatic rings. The first-order valence-corrected chi connectivity index (χ1v) is 7.20. The molecule has 0 spiro atoms. The van der Waals surface area contributed by atoms with Gasteiger partial charge in [0.2, 0.25) is 0 Å². The first kappa shape index (κ1) is 12.7. The van der Waals surface area contributed by atoms with Crippen LogP contribution >= 0.6 is 0 Å². The van der Waals surface area contributed by atoms with Gasteiger partial charge < -0.3 is 4.74 Å². The van der Waals surface area contributed by atoms with Crippen molar-refractivity contribution in [1.29, 1.82) is 5.26 Å². The molecule has 4 aliphatic carbocycles. The first-order chi connectivity index (χ1) is 8.96. The van der Waals surface area contributed by atoms with Crippen molar-refractivity contribution in [3.8, 4) is 6.07 Å². The Hall–Kier alpha value is -1.30. The number of hydrogen-bond acceptors (Lipinski definition) is 3. The van der Waals surface area contributed by atoms with Crippen LogP contribution in [0.2, 0.25) is 0 Å². The molecule has 0 amide bonds. The third-order valence-electron chi connectivity index (χ3n) is 5.28. The molecule has 0 aliphatic heterocycles. The van der Waals surface area contributed by atoms with Crippen molar-refractivity contribution in [3.63, 3.8) is 0 Å². The fourth-order valence-electron chi connectivity index (χ4n) is 5.09. The number of nitriles is 1. The summed E-state index contributed by atoms with van der Waals surface area (Å²) in [6.07, 6.45) is 6.60. The molecule has 4 saturated carbocycles. The van der Waals surface area contributed by atoms with Crippen LogP contribution in [-0.4, -0.2) is 12.6 Å². The summed E-state index contributed by atoms with van der Waals surface area (Å²) < 4.78 is 5.43. The summed E-state index contributed by atoms with van der Waals surface area (Å²) in [6.45, 7) is 5.78. The Morgan fingerprint density at radius 3 is 2.53 bits per heavy atom. The molecular formula is C16H21NO2. The number of carbonyl (C=O) groups is 1. The molecule has 4 bridgehead atoms. The van der Waals surface area contributed by atoms with Crippen molar-refractivity contribution in [2.75, 3.05) is 6.61 Å². The maximum absolute atomic E-state index is 11.6. The van der Waals surface area contributed by atoms with Crippen molar-refractivity contribution in [2.45, 2.75) is 45.4 Å². The lowest BCUT2D eigenvalue weighted by molar-refractivity contribution is -0.155. The first-order valence-electron chi connectivity index (χ1n) is 7.20. The van der Waals surface area contributed by atoms with E-state index < -0.39 is 0 Å². The van der Waals surface area contributed by atoms with Gasteiger partial charge in [-0.05, 0) is 57.3 Å².